The molecule has 0 bridgehead atoms. The molecule has 0 radical (unpaired) electrons. The zero-order chi connectivity index (χ0) is 13.7. The maximum atomic E-state index is 2.55. The van der Waals surface area contributed by atoms with E-state index in [1.807, 2.05) is 0 Å². The number of hydrogen-bond acceptors (Lipinski definition) is 2. The Morgan fingerprint density at radius 1 is 1.26 bits per heavy atom. The minimum atomic E-state index is 0.863. The molecule has 104 valence electrons. The minimum absolute atomic E-state index is 0.863. The molecular weight excluding hydrogens is 232 g/mol. The topological polar surface area (TPSA) is 6.48 Å². The second kappa shape index (κ2) is 6.76. The molecule has 1 aliphatic heterocycles. The molecule has 1 aromatic carbocycles. The van der Waals surface area contributed by atoms with Crippen LogP contribution in [0.15, 0.2) is 30.3 Å². The molecule has 0 N–H and O–H groups in total. The molecule has 1 saturated heterocycles. The number of hydrogen-bond donors (Lipinski definition) is 0. The van der Waals surface area contributed by atoms with Crippen LogP contribution in [-0.2, 0) is 0 Å². The van der Waals surface area contributed by atoms with Gasteiger partial charge < -0.3 is 4.90 Å². The van der Waals surface area contributed by atoms with Gasteiger partial charge in [-0.2, -0.15) is 0 Å². The average molecular weight is 258 g/mol. The fourth-order valence-corrected chi connectivity index (χ4v) is 2.67. The Balaban J connectivity index is 1.84. The summed E-state index contributed by atoms with van der Waals surface area (Å²) in [5.41, 5.74) is 2.54. The first-order valence-corrected chi connectivity index (χ1v) is 7.31. The number of likely N-dealkylation sites (tertiary alicyclic amines) is 1. The highest BCUT2D eigenvalue weighted by molar-refractivity contribution is 5.55. The number of piperidine rings is 1. The lowest BCUT2D eigenvalue weighted by Crippen LogP contribution is -2.34. The zero-order valence-corrected chi connectivity index (χ0v) is 12.5. The maximum Gasteiger partial charge on any atom is 0.0361 e. The Labute approximate surface area is 117 Å². The minimum Gasteiger partial charge on any atom is -0.378 e. The smallest absolute Gasteiger partial charge is 0.0361 e. The van der Waals surface area contributed by atoms with Crippen molar-refractivity contribution in [2.45, 2.75) is 19.8 Å². The maximum absolute atomic E-state index is 2.55. The number of anilines is 1. The second-order valence-corrected chi connectivity index (χ2v) is 5.90. The molecule has 2 nitrogen and oxygen atoms in total. The predicted octanol–water partition coefficient (Wildman–Crippen LogP) is 3.50. The van der Waals surface area contributed by atoms with Crippen LogP contribution in [0.4, 0.5) is 5.69 Å². The first-order chi connectivity index (χ1) is 9.15. The molecule has 0 aromatic heterocycles. The molecule has 19 heavy (non-hydrogen) atoms. The summed E-state index contributed by atoms with van der Waals surface area (Å²) in [6.45, 7) is 5.95. The normalized spacial score (nSPS) is 20.9. The Hall–Kier alpha value is -1.28. The van der Waals surface area contributed by atoms with Crippen molar-refractivity contribution in [2.24, 2.45) is 5.92 Å². The van der Waals surface area contributed by atoms with E-state index in [0.29, 0.717) is 0 Å². The van der Waals surface area contributed by atoms with E-state index in [4.69, 9.17) is 0 Å². The van der Waals surface area contributed by atoms with E-state index < -0.39 is 0 Å². The SMILES string of the molecule is CC1CCCN(C/C=C/c2ccc(N(C)C)cc2)C1. The molecule has 1 aromatic rings. The van der Waals surface area contributed by atoms with Gasteiger partial charge in [-0.3, -0.25) is 4.90 Å². The highest BCUT2D eigenvalue weighted by atomic mass is 15.1. The van der Waals surface area contributed by atoms with E-state index in [2.05, 4.69) is 67.2 Å². The molecule has 2 rings (SSSR count). The van der Waals surface area contributed by atoms with Gasteiger partial charge in [-0.15, -0.1) is 0 Å². The van der Waals surface area contributed by atoms with Crippen LogP contribution < -0.4 is 4.90 Å². The zero-order valence-electron chi connectivity index (χ0n) is 12.5. The fourth-order valence-electron chi connectivity index (χ4n) is 2.67. The lowest BCUT2D eigenvalue weighted by atomic mass is 10.0. The summed E-state index contributed by atoms with van der Waals surface area (Å²) in [7, 11) is 4.14. The van der Waals surface area contributed by atoms with Crippen LogP contribution in [0.2, 0.25) is 0 Å². The molecular formula is C17H26N2. The first-order valence-electron chi connectivity index (χ1n) is 7.31. The number of nitrogens with zero attached hydrogens (tertiary/aromatic N) is 2. The van der Waals surface area contributed by atoms with Crippen LogP contribution in [0, 0.1) is 5.92 Å². The Morgan fingerprint density at radius 3 is 2.63 bits per heavy atom. The second-order valence-electron chi connectivity index (χ2n) is 5.90. The predicted molar refractivity (Wildman–Crippen MR) is 84.6 cm³/mol. The lowest BCUT2D eigenvalue weighted by Gasteiger charge is -2.29. The first kappa shape index (κ1) is 14.1. The summed E-state index contributed by atoms with van der Waals surface area (Å²) < 4.78 is 0. The van der Waals surface area contributed by atoms with Crippen molar-refractivity contribution in [2.75, 3.05) is 38.6 Å². The van der Waals surface area contributed by atoms with E-state index in [1.165, 1.54) is 37.2 Å². The molecule has 0 saturated carbocycles. The van der Waals surface area contributed by atoms with Gasteiger partial charge in [-0.1, -0.05) is 31.2 Å². The molecule has 1 atom stereocenters. The molecule has 2 heteroatoms. The summed E-state index contributed by atoms with van der Waals surface area (Å²) in [6.07, 6.45) is 7.28. The van der Waals surface area contributed by atoms with Crippen molar-refractivity contribution in [3.63, 3.8) is 0 Å². The van der Waals surface area contributed by atoms with Gasteiger partial charge in [0.1, 0.15) is 0 Å². The number of rotatable bonds is 4. The molecule has 0 aliphatic carbocycles. The van der Waals surface area contributed by atoms with Crippen LogP contribution in [-0.4, -0.2) is 38.6 Å². The van der Waals surface area contributed by atoms with Crippen molar-refractivity contribution in [3.8, 4) is 0 Å². The highest BCUT2D eigenvalue weighted by Crippen LogP contribution is 2.16. The van der Waals surface area contributed by atoms with Crippen molar-refractivity contribution in [1.29, 1.82) is 0 Å². The van der Waals surface area contributed by atoms with E-state index in [9.17, 15) is 0 Å². The van der Waals surface area contributed by atoms with Crippen molar-refractivity contribution >= 4 is 11.8 Å². The molecule has 1 heterocycles. The van der Waals surface area contributed by atoms with Gasteiger partial charge in [0.15, 0.2) is 0 Å². The third-order valence-electron chi connectivity index (χ3n) is 3.82. The largest absolute Gasteiger partial charge is 0.378 e. The van der Waals surface area contributed by atoms with Gasteiger partial charge in [0.05, 0.1) is 0 Å². The summed E-state index contributed by atoms with van der Waals surface area (Å²) in [6, 6.07) is 8.71. The average Bonchev–Trinajstić information content (AvgIpc) is 2.39. The molecule has 0 amide bonds. The Bertz CT molecular complexity index is 406. The van der Waals surface area contributed by atoms with Gasteiger partial charge in [-0.25, -0.2) is 0 Å². The van der Waals surface area contributed by atoms with E-state index in [-0.39, 0.29) is 0 Å². The summed E-state index contributed by atoms with van der Waals surface area (Å²) >= 11 is 0. The van der Waals surface area contributed by atoms with Crippen molar-refractivity contribution < 1.29 is 0 Å². The van der Waals surface area contributed by atoms with Crippen LogP contribution in [0.1, 0.15) is 25.3 Å². The molecule has 0 spiro atoms. The quantitative estimate of drug-likeness (QED) is 0.815. The number of benzene rings is 1. The fraction of sp³-hybridized carbons (Fsp3) is 0.529. The van der Waals surface area contributed by atoms with E-state index in [0.717, 1.165) is 12.5 Å². The van der Waals surface area contributed by atoms with Crippen molar-refractivity contribution in [3.05, 3.63) is 35.9 Å². The van der Waals surface area contributed by atoms with Gasteiger partial charge in [0, 0.05) is 32.9 Å². The van der Waals surface area contributed by atoms with Crippen LogP contribution in [0.25, 0.3) is 6.08 Å². The van der Waals surface area contributed by atoms with E-state index in [1.54, 1.807) is 0 Å². The van der Waals surface area contributed by atoms with Crippen molar-refractivity contribution in [1.82, 2.24) is 4.90 Å². The Morgan fingerprint density at radius 2 is 2.00 bits per heavy atom. The van der Waals surface area contributed by atoms with Crippen LogP contribution in [0.5, 0.6) is 0 Å². The monoisotopic (exact) mass is 258 g/mol. The van der Waals surface area contributed by atoms with Crippen LogP contribution >= 0.6 is 0 Å². The highest BCUT2D eigenvalue weighted by Gasteiger charge is 2.14. The van der Waals surface area contributed by atoms with Crippen LogP contribution in [0.3, 0.4) is 0 Å². The third-order valence-corrected chi connectivity index (χ3v) is 3.82. The Kier molecular flexibility index (Phi) is 5.03. The summed E-state index contributed by atoms with van der Waals surface area (Å²) in [5, 5.41) is 0. The summed E-state index contributed by atoms with van der Waals surface area (Å²) in [4.78, 5) is 4.68. The van der Waals surface area contributed by atoms with Gasteiger partial charge in [0.2, 0.25) is 0 Å². The standard InChI is InChI=1S/C17H26N2/c1-15-6-4-12-19(14-15)13-5-7-16-8-10-17(11-9-16)18(2)3/h5,7-11,15H,4,6,12-14H2,1-3H3/b7-5+. The molecule has 1 fully saturated rings. The molecule has 1 unspecified atom stereocenters. The van der Waals surface area contributed by atoms with Gasteiger partial charge >= 0.3 is 0 Å². The van der Waals surface area contributed by atoms with Gasteiger partial charge in [0.25, 0.3) is 0 Å². The van der Waals surface area contributed by atoms with E-state index >= 15 is 0 Å². The lowest BCUT2D eigenvalue weighted by molar-refractivity contribution is 0.202. The van der Waals surface area contributed by atoms with Gasteiger partial charge in [-0.05, 0) is 43.0 Å². The summed E-state index contributed by atoms with van der Waals surface area (Å²) in [5.74, 6) is 0.863. The molecule has 1 aliphatic rings. The third kappa shape index (κ3) is 4.39.